The lowest BCUT2D eigenvalue weighted by Gasteiger charge is -2.05. The molecule has 0 N–H and O–H groups in total. The van der Waals surface area contributed by atoms with E-state index in [0.29, 0.717) is 27.9 Å². The number of nitrogens with zero attached hydrogens (tertiary/aromatic N) is 5. The third-order valence-electron chi connectivity index (χ3n) is 3.40. The maximum atomic E-state index is 6.20. The van der Waals surface area contributed by atoms with Gasteiger partial charge in [-0.2, -0.15) is 0 Å². The highest BCUT2D eigenvalue weighted by Crippen LogP contribution is 2.21. The van der Waals surface area contributed by atoms with Gasteiger partial charge in [-0.25, -0.2) is 14.6 Å². The number of fused-ring (bicyclic) bond motifs is 1. The molecule has 0 unspecified atom stereocenters. The van der Waals surface area contributed by atoms with Crippen molar-refractivity contribution in [3.05, 3.63) is 45.8 Å². The summed E-state index contributed by atoms with van der Waals surface area (Å²) in [6.45, 7) is 2.63. The van der Waals surface area contributed by atoms with Gasteiger partial charge in [0, 0.05) is 11.4 Å². The first-order valence-corrected chi connectivity index (χ1v) is 7.93. The fraction of sp³-hybridized carbons (Fsp3) is 0.333. The van der Waals surface area contributed by atoms with Crippen LogP contribution in [0.4, 0.5) is 0 Å². The summed E-state index contributed by atoms with van der Waals surface area (Å²) in [7, 11) is 0. The maximum absolute atomic E-state index is 6.20. The zero-order valence-corrected chi connectivity index (χ0v) is 13.6. The largest absolute Gasteiger partial charge is 0.222 e. The van der Waals surface area contributed by atoms with E-state index in [2.05, 4.69) is 27.2 Å². The summed E-state index contributed by atoms with van der Waals surface area (Å²) in [5.74, 6) is 0.724. The number of aromatic nitrogens is 5. The van der Waals surface area contributed by atoms with Gasteiger partial charge in [0.05, 0.1) is 6.54 Å². The Labute approximate surface area is 138 Å². The minimum atomic E-state index is 0.349. The van der Waals surface area contributed by atoms with E-state index in [1.54, 1.807) is 4.68 Å². The lowest BCUT2D eigenvalue weighted by atomic mass is 10.2. The van der Waals surface area contributed by atoms with Crippen LogP contribution in [0.1, 0.15) is 31.2 Å². The first-order chi connectivity index (χ1) is 10.7. The molecule has 0 amide bonds. The van der Waals surface area contributed by atoms with Crippen molar-refractivity contribution in [1.82, 2.24) is 25.0 Å². The van der Waals surface area contributed by atoms with Crippen LogP contribution in [0.5, 0.6) is 0 Å². The Bertz CT molecular complexity index is 800. The molecule has 3 rings (SSSR count). The normalized spacial score (nSPS) is 11.2. The Morgan fingerprint density at radius 3 is 2.73 bits per heavy atom. The molecular weight excluding hydrogens is 321 g/mol. The topological polar surface area (TPSA) is 56.5 Å². The molecule has 0 radical (unpaired) electrons. The summed E-state index contributed by atoms with van der Waals surface area (Å²) in [4.78, 5) is 8.85. The lowest BCUT2D eigenvalue weighted by molar-refractivity contribution is 0.661. The highest BCUT2D eigenvalue weighted by Gasteiger charge is 2.14. The smallest absolute Gasteiger partial charge is 0.183 e. The first-order valence-electron chi connectivity index (χ1n) is 7.18. The van der Waals surface area contributed by atoms with E-state index in [9.17, 15) is 0 Å². The van der Waals surface area contributed by atoms with E-state index >= 15 is 0 Å². The molecule has 1 aromatic carbocycles. The van der Waals surface area contributed by atoms with E-state index < -0.39 is 0 Å². The third-order valence-corrected chi connectivity index (χ3v) is 4.03. The molecule has 5 nitrogen and oxygen atoms in total. The van der Waals surface area contributed by atoms with Crippen molar-refractivity contribution in [2.75, 3.05) is 0 Å². The number of halogens is 2. The summed E-state index contributed by atoms with van der Waals surface area (Å²) in [5, 5.41) is 9.25. The zero-order chi connectivity index (χ0) is 15.5. The van der Waals surface area contributed by atoms with Crippen LogP contribution in [0.15, 0.2) is 24.3 Å². The Balaban J connectivity index is 1.99. The summed E-state index contributed by atoms with van der Waals surface area (Å²) >= 11 is 12.4. The Kier molecular flexibility index (Phi) is 4.55. The fourth-order valence-electron chi connectivity index (χ4n) is 2.21. The van der Waals surface area contributed by atoms with Gasteiger partial charge in [0.25, 0.3) is 0 Å². The third kappa shape index (κ3) is 3.05. The van der Waals surface area contributed by atoms with Gasteiger partial charge in [-0.05, 0) is 18.1 Å². The average Bonchev–Trinajstić information content (AvgIpc) is 2.91. The van der Waals surface area contributed by atoms with E-state index in [-0.39, 0.29) is 0 Å². The van der Waals surface area contributed by atoms with Crippen molar-refractivity contribution in [1.29, 1.82) is 0 Å². The predicted octanol–water partition coefficient (Wildman–Crippen LogP) is 3.92. The summed E-state index contributed by atoms with van der Waals surface area (Å²) < 4.78 is 1.71. The molecule has 0 spiro atoms. The average molecular weight is 336 g/mol. The number of rotatable bonds is 5. The second kappa shape index (κ2) is 6.58. The lowest BCUT2D eigenvalue weighted by Crippen LogP contribution is -2.05. The Hall–Kier alpha value is -1.72. The fourth-order valence-corrected chi connectivity index (χ4v) is 2.62. The van der Waals surface area contributed by atoms with Crippen LogP contribution < -0.4 is 0 Å². The first kappa shape index (κ1) is 15.2. The van der Waals surface area contributed by atoms with Crippen molar-refractivity contribution in [2.45, 2.75) is 32.7 Å². The van der Waals surface area contributed by atoms with Crippen molar-refractivity contribution < 1.29 is 0 Å². The Morgan fingerprint density at radius 1 is 1.14 bits per heavy atom. The summed E-state index contributed by atoms with van der Waals surface area (Å²) in [6, 6.07) is 7.64. The highest BCUT2D eigenvalue weighted by atomic mass is 35.5. The minimum Gasteiger partial charge on any atom is -0.222 e. The van der Waals surface area contributed by atoms with Crippen LogP contribution in [0.25, 0.3) is 11.2 Å². The predicted molar refractivity (Wildman–Crippen MR) is 87.3 cm³/mol. The van der Waals surface area contributed by atoms with Gasteiger partial charge in [-0.3, -0.25) is 0 Å². The van der Waals surface area contributed by atoms with Gasteiger partial charge in [-0.15, -0.1) is 5.10 Å². The molecule has 0 aliphatic rings. The monoisotopic (exact) mass is 335 g/mol. The molecule has 0 aliphatic heterocycles. The summed E-state index contributed by atoms with van der Waals surface area (Å²) in [5.41, 5.74) is 2.13. The molecule has 0 bridgehead atoms. The van der Waals surface area contributed by atoms with E-state index in [1.807, 2.05) is 24.3 Å². The van der Waals surface area contributed by atoms with Gasteiger partial charge in [0.1, 0.15) is 5.82 Å². The second-order valence-corrected chi connectivity index (χ2v) is 5.81. The molecule has 0 atom stereocenters. The number of hydrogen-bond donors (Lipinski definition) is 0. The molecule has 7 heteroatoms. The van der Waals surface area contributed by atoms with Crippen molar-refractivity contribution in [3.63, 3.8) is 0 Å². The molecule has 3 aromatic rings. The molecule has 22 heavy (non-hydrogen) atoms. The number of benzene rings is 1. The SMILES string of the molecule is CCCCc1nc(Cl)c2nnn(Cc3ccccc3Cl)c2n1. The van der Waals surface area contributed by atoms with Gasteiger partial charge >= 0.3 is 0 Å². The number of aryl methyl sites for hydroxylation is 1. The Morgan fingerprint density at radius 2 is 1.95 bits per heavy atom. The molecule has 2 aromatic heterocycles. The van der Waals surface area contributed by atoms with Crippen LogP contribution in [-0.2, 0) is 13.0 Å². The molecule has 2 heterocycles. The minimum absolute atomic E-state index is 0.349. The van der Waals surface area contributed by atoms with Gasteiger partial charge < -0.3 is 0 Å². The van der Waals surface area contributed by atoms with Gasteiger partial charge in [0.2, 0.25) is 0 Å². The molecule has 114 valence electrons. The number of hydrogen-bond acceptors (Lipinski definition) is 4. The number of unbranched alkanes of at least 4 members (excludes halogenated alkanes) is 1. The second-order valence-electron chi connectivity index (χ2n) is 5.04. The quantitative estimate of drug-likeness (QED) is 0.663. The van der Waals surface area contributed by atoms with Crippen molar-refractivity contribution >= 4 is 34.4 Å². The van der Waals surface area contributed by atoms with Crippen LogP contribution >= 0.6 is 23.2 Å². The van der Waals surface area contributed by atoms with E-state index in [1.165, 1.54) is 0 Å². The molecule has 0 aliphatic carbocycles. The van der Waals surface area contributed by atoms with Crippen LogP contribution in [0.2, 0.25) is 10.2 Å². The molecule has 0 saturated heterocycles. The standard InChI is InChI=1S/C15H15Cl2N5/c1-2-3-8-12-18-14(17)13-15(19-12)22(21-20-13)9-10-6-4-5-7-11(10)16/h4-7H,2-3,8-9H2,1H3. The molecular formula is C15H15Cl2N5. The van der Waals surface area contributed by atoms with Crippen LogP contribution in [0.3, 0.4) is 0 Å². The van der Waals surface area contributed by atoms with Crippen molar-refractivity contribution in [2.24, 2.45) is 0 Å². The van der Waals surface area contributed by atoms with E-state index in [4.69, 9.17) is 23.2 Å². The van der Waals surface area contributed by atoms with Crippen molar-refractivity contribution in [3.8, 4) is 0 Å². The molecule has 0 fully saturated rings. The van der Waals surface area contributed by atoms with E-state index in [0.717, 1.165) is 30.7 Å². The zero-order valence-electron chi connectivity index (χ0n) is 12.1. The van der Waals surface area contributed by atoms with Gasteiger partial charge in [0.15, 0.2) is 16.3 Å². The highest BCUT2D eigenvalue weighted by molar-refractivity contribution is 6.33. The summed E-state index contributed by atoms with van der Waals surface area (Å²) in [6.07, 6.45) is 2.90. The van der Waals surface area contributed by atoms with Gasteiger partial charge in [-0.1, -0.05) is 60.0 Å². The maximum Gasteiger partial charge on any atom is 0.183 e. The molecule has 0 saturated carbocycles. The van der Waals surface area contributed by atoms with Crippen LogP contribution in [0, 0.1) is 0 Å². The van der Waals surface area contributed by atoms with Crippen LogP contribution in [-0.4, -0.2) is 25.0 Å².